The molecule has 3 aromatic carbocycles. The Kier molecular flexibility index (Phi) is 9.17. The van der Waals surface area contributed by atoms with Crippen LogP contribution >= 0.6 is 11.6 Å². The number of carbonyl (C=O) groups is 1. The first kappa shape index (κ1) is 30.4. The molecule has 0 aromatic heterocycles. The van der Waals surface area contributed by atoms with Crippen LogP contribution in [0.5, 0.6) is 0 Å². The topological polar surface area (TPSA) is 99.3 Å². The number of nitrogens with one attached hydrogen (secondary N) is 4. The normalized spacial score (nSPS) is 21.5. The number of anilines is 2. The van der Waals surface area contributed by atoms with Crippen LogP contribution in [0, 0.1) is 11.6 Å². The van der Waals surface area contributed by atoms with Gasteiger partial charge in [0.15, 0.2) is 9.84 Å². The zero-order valence-corrected chi connectivity index (χ0v) is 24.9. The molecule has 224 valence electrons. The third-order valence-corrected chi connectivity index (χ3v) is 11.0. The number of hydrogen-bond donors (Lipinski definition) is 4. The van der Waals surface area contributed by atoms with Crippen molar-refractivity contribution in [2.24, 2.45) is 0 Å². The molecule has 1 heterocycles. The highest BCUT2D eigenvalue weighted by Gasteiger charge is 2.52. The van der Waals surface area contributed by atoms with Gasteiger partial charge in [0, 0.05) is 47.5 Å². The van der Waals surface area contributed by atoms with Crippen molar-refractivity contribution < 1.29 is 22.0 Å². The molecular formula is C31H35ClF2N4O3S. The lowest BCUT2D eigenvalue weighted by Gasteiger charge is -2.41. The molecule has 1 saturated heterocycles. The molecule has 0 radical (unpaired) electrons. The molecule has 1 aliphatic carbocycles. The number of sulfone groups is 1. The quantitative estimate of drug-likeness (QED) is 0.240. The minimum atomic E-state index is -3.52. The van der Waals surface area contributed by atoms with E-state index in [0.29, 0.717) is 30.1 Å². The van der Waals surface area contributed by atoms with E-state index in [4.69, 9.17) is 11.6 Å². The maximum absolute atomic E-state index is 15.4. The lowest BCUT2D eigenvalue weighted by molar-refractivity contribution is -0.116. The summed E-state index contributed by atoms with van der Waals surface area (Å²) in [7, 11) is -3.52. The summed E-state index contributed by atoms with van der Waals surface area (Å²) in [6.07, 6.45) is 1.77. The van der Waals surface area contributed by atoms with Crippen molar-refractivity contribution in [2.75, 3.05) is 23.7 Å². The van der Waals surface area contributed by atoms with E-state index in [-0.39, 0.29) is 48.3 Å². The zero-order chi connectivity index (χ0) is 29.9. The molecule has 2 fully saturated rings. The number of hydrogen-bond acceptors (Lipinski definition) is 6. The Morgan fingerprint density at radius 1 is 1.10 bits per heavy atom. The van der Waals surface area contributed by atoms with Crippen molar-refractivity contribution in [3.05, 3.63) is 94.5 Å². The van der Waals surface area contributed by atoms with Gasteiger partial charge in [-0.3, -0.25) is 10.1 Å². The fourth-order valence-electron chi connectivity index (χ4n) is 5.59. The summed E-state index contributed by atoms with van der Waals surface area (Å²) in [5, 5.41) is 12.6. The lowest BCUT2D eigenvalue weighted by atomic mass is 9.99. The van der Waals surface area contributed by atoms with E-state index in [2.05, 4.69) is 21.3 Å². The van der Waals surface area contributed by atoms with Crippen LogP contribution in [-0.2, 0) is 27.5 Å². The molecule has 3 atom stereocenters. The summed E-state index contributed by atoms with van der Waals surface area (Å²) in [5.74, 6) is -1.44. The molecule has 1 aliphatic heterocycles. The molecule has 4 N–H and O–H groups in total. The van der Waals surface area contributed by atoms with Crippen molar-refractivity contribution in [3.63, 3.8) is 0 Å². The van der Waals surface area contributed by atoms with E-state index < -0.39 is 38.3 Å². The first-order chi connectivity index (χ1) is 20.1. The van der Waals surface area contributed by atoms with E-state index in [1.807, 2.05) is 13.0 Å². The highest BCUT2D eigenvalue weighted by molar-refractivity contribution is 7.93. The summed E-state index contributed by atoms with van der Waals surface area (Å²) >= 11 is 6.19. The number of carbonyl (C=O) groups excluding carboxylic acids is 1. The second kappa shape index (κ2) is 12.7. The van der Waals surface area contributed by atoms with E-state index in [9.17, 15) is 17.6 Å². The first-order valence-electron chi connectivity index (χ1n) is 14.1. The van der Waals surface area contributed by atoms with Gasteiger partial charge < -0.3 is 16.0 Å². The average Bonchev–Trinajstić information content (AvgIpc) is 3.79. The molecular weight excluding hydrogens is 582 g/mol. The van der Waals surface area contributed by atoms with Gasteiger partial charge in [0.1, 0.15) is 22.5 Å². The minimum absolute atomic E-state index is 0.0703. The van der Waals surface area contributed by atoms with E-state index >= 15 is 4.39 Å². The summed E-state index contributed by atoms with van der Waals surface area (Å²) in [6, 6.07) is 16.2. The molecule has 0 spiro atoms. The fourth-order valence-corrected chi connectivity index (χ4v) is 8.25. The lowest BCUT2D eigenvalue weighted by Crippen LogP contribution is -2.67. The third kappa shape index (κ3) is 6.94. The molecule has 2 aliphatic rings. The predicted octanol–water partition coefficient (Wildman–Crippen LogP) is 5.07. The van der Waals surface area contributed by atoms with Crippen LogP contribution in [0.3, 0.4) is 0 Å². The Bertz CT molecular complexity index is 1550. The Labute approximate surface area is 250 Å². The number of amides is 1. The highest BCUT2D eigenvalue weighted by Crippen LogP contribution is 2.39. The van der Waals surface area contributed by atoms with Gasteiger partial charge in [-0.25, -0.2) is 17.2 Å². The van der Waals surface area contributed by atoms with Gasteiger partial charge in [-0.15, -0.1) is 0 Å². The highest BCUT2D eigenvalue weighted by atomic mass is 35.5. The average molecular weight is 617 g/mol. The van der Waals surface area contributed by atoms with Crippen molar-refractivity contribution in [2.45, 2.75) is 61.2 Å². The van der Waals surface area contributed by atoms with Gasteiger partial charge in [0.2, 0.25) is 5.91 Å². The van der Waals surface area contributed by atoms with E-state index in [1.165, 1.54) is 24.3 Å². The molecule has 11 heteroatoms. The Hall–Kier alpha value is -3.05. The molecule has 3 aromatic rings. The Morgan fingerprint density at radius 3 is 2.57 bits per heavy atom. The maximum atomic E-state index is 15.4. The summed E-state index contributed by atoms with van der Waals surface area (Å²) in [5.41, 5.74) is 1.73. The largest absolute Gasteiger partial charge is 0.373 e. The van der Waals surface area contributed by atoms with E-state index in [0.717, 1.165) is 5.56 Å². The van der Waals surface area contributed by atoms with Crippen LogP contribution in [0.4, 0.5) is 20.2 Å². The summed E-state index contributed by atoms with van der Waals surface area (Å²) < 4.78 is 56.4. The SMILES string of the molecule is C[C@H]1CNC[C@](CCc2c(F)cccc2N[C@@H](Cc2cccc(Cl)c2)C(=O)Nc2cccc(F)c2)(S(=O)(=O)C2CC2)N1. The monoisotopic (exact) mass is 616 g/mol. The standard InChI is InChI=1S/C31H35ClF2N4O3S/c1-20-18-35-19-31(38-20,42(40,41)25-11-12-25)14-13-26-27(34)9-4-10-28(26)37-29(16-21-5-2-6-22(32)15-21)30(39)36-24-8-3-7-23(33)17-24/h2-10,15,17,20,25,29,35,37-38H,11-14,16,18-19H2,1H3,(H,36,39)/t20-,29-,31-/m0/s1. The van der Waals surface area contributed by atoms with Gasteiger partial charge in [-0.2, -0.15) is 0 Å². The maximum Gasteiger partial charge on any atom is 0.247 e. The van der Waals surface area contributed by atoms with Gasteiger partial charge in [-0.05, 0) is 80.6 Å². The van der Waals surface area contributed by atoms with Crippen molar-refractivity contribution in [3.8, 4) is 0 Å². The molecule has 42 heavy (non-hydrogen) atoms. The molecule has 7 nitrogen and oxygen atoms in total. The Morgan fingerprint density at radius 2 is 1.86 bits per heavy atom. The molecule has 5 rings (SSSR count). The fraction of sp³-hybridized carbons (Fsp3) is 0.387. The van der Waals surface area contributed by atoms with Crippen molar-refractivity contribution in [1.29, 1.82) is 0 Å². The van der Waals surface area contributed by atoms with Gasteiger partial charge in [-0.1, -0.05) is 35.9 Å². The minimum Gasteiger partial charge on any atom is -0.373 e. The van der Waals surface area contributed by atoms with Crippen molar-refractivity contribution in [1.82, 2.24) is 10.6 Å². The van der Waals surface area contributed by atoms with Crippen LogP contribution in [0.15, 0.2) is 66.7 Å². The first-order valence-corrected chi connectivity index (χ1v) is 16.1. The van der Waals surface area contributed by atoms with Crippen LogP contribution in [-0.4, -0.2) is 49.6 Å². The molecule has 1 amide bonds. The smallest absolute Gasteiger partial charge is 0.247 e. The zero-order valence-electron chi connectivity index (χ0n) is 23.3. The van der Waals surface area contributed by atoms with Crippen LogP contribution < -0.4 is 21.3 Å². The van der Waals surface area contributed by atoms with Crippen LogP contribution in [0.25, 0.3) is 0 Å². The third-order valence-electron chi connectivity index (χ3n) is 7.84. The number of benzene rings is 3. The number of rotatable bonds is 11. The van der Waals surface area contributed by atoms with Crippen LogP contribution in [0.2, 0.25) is 5.02 Å². The van der Waals surface area contributed by atoms with Gasteiger partial charge in [0.25, 0.3) is 0 Å². The van der Waals surface area contributed by atoms with Crippen LogP contribution in [0.1, 0.15) is 37.3 Å². The summed E-state index contributed by atoms with van der Waals surface area (Å²) in [4.78, 5) is 12.3. The van der Waals surface area contributed by atoms with Gasteiger partial charge >= 0.3 is 0 Å². The van der Waals surface area contributed by atoms with E-state index in [1.54, 1.807) is 36.4 Å². The predicted molar refractivity (Wildman–Crippen MR) is 162 cm³/mol. The van der Waals surface area contributed by atoms with Gasteiger partial charge in [0.05, 0.1) is 5.25 Å². The molecule has 0 unspecified atom stereocenters. The van der Waals surface area contributed by atoms with Crippen molar-refractivity contribution >= 4 is 38.7 Å². The Balaban J connectivity index is 1.43. The molecule has 0 bridgehead atoms. The second-order valence-corrected chi connectivity index (χ2v) is 14.2. The molecule has 1 saturated carbocycles. The number of piperazine rings is 1. The summed E-state index contributed by atoms with van der Waals surface area (Å²) in [6.45, 7) is 2.80. The second-order valence-electron chi connectivity index (χ2n) is 11.2. The number of halogens is 3.